The van der Waals surface area contributed by atoms with E-state index in [0.717, 1.165) is 37.5 Å². The summed E-state index contributed by atoms with van der Waals surface area (Å²) in [6.45, 7) is 3.31. The molecule has 0 aromatic carbocycles. The molecule has 11 heteroatoms. The summed E-state index contributed by atoms with van der Waals surface area (Å²) in [5.74, 6) is -2.55. The number of carbonyl (C=O) groups excluding carboxylic acids is 1. The van der Waals surface area contributed by atoms with Crippen LogP contribution >= 0.6 is 11.3 Å². The maximum Gasteiger partial charge on any atom is 0.490 e. The predicted molar refractivity (Wildman–Crippen MR) is 91.2 cm³/mol. The van der Waals surface area contributed by atoms with Crippen LogP contribution in [0.1, 0.15) is 17.8 Å². The number of hydrogen-bond donors (Lipinski definition) is 1. The smallest absolute Gasteiger partial charge is 0.475 e. The second-order valence-electron chi connectivity index (χ2n) is 6.69. The van der Waals surface area contributed by atoms with Gasteiger partial charge in [-0.2, -0.15) is 13.2 Å². The molecule has 2 fully saturated rings. The number of aliphatic carboxylic acids is 1. The van der Waals surface area contributed by atoms with Crippen molar-refractivity contribution in [1.29, 1.82) is 0 Å². The molecule has 1 aromatic heterocycles. The minimum absolute atomic E-state index is 0.0879. The van der Waals surface area contributed by atoms with Gasteiger partial charge < -0.3 is 14.7 Å². The molecule has 2 aliphatic heterocycles. The number of nitrogens with zero attached hydrogens (tertiary/aromatic N) is 3. The van der Waals surface area contributed by atoms with Crippen molar-refractivity contribution in [3.63, 3.8) is 0 Å². The number of ether oxygens (including phenoxy) is 1. The van der Waals surface area contributed by atoms with Crippen LogP contribution in [0, 0.1) is 5.41 Å². The van der Waals surface area contributed by atoms with Crippen molar-refractivity contribution in [3.05, 3.63) is 16.6 Å². The number of carboxylic acid groups (broad SMARTS) is 1. The average molecular weight is 409 g/mol. The summed E-state index contributed by atoms with van der Waals surface area (Å²) in [6.07, 6.45) is -1.38. The van der Waals surface area contributed by atoms with Crippen LogP contribution in [0.2, 0.25) is 0 Å². The van der Waals surface area contributed by atoms with Gasteiger partial charge in [-0.1, -0.05) is 0 Å². The van der Waals surface area contributed by atoms with Crippen molar-refractivity contribution in [2.75, 3.05) is 33.8 Å². The third kappa shape index (κ3) is 5.17. The Bertz CT molecular complexity index is 654. The molecule has 0 saturated carbocycles. The molecule has 2 saturated heterocycles. The first kappa shape index (κ1) is 21.6. The normalized spacial score (nSPS) is 25.3. The lowest BCUT2D eigenvalue weighted by molar-refractivity contribution is -0.192. The summed E-state index contributed by atoms with van der Waals surface area (Å²) in [7, 11) is 3.68. The van der Waals surface area contributed by atoms with Gasteiger partial charge in [0.15, 0.2) is 0 Å². The SMILES string of the molecule is CN(C)C(=O)[C@@]12CCO[C@@H]1CCN(Cc1nccs1)C2.O=C(O)C(F)(F)F. The monoisotopic (exact) mass is 409 g/mol. The van der Waals surface area contributed by atoms with Crippen LogP contribution in [0.3, 0.4) is 0 Å². The van der Waals surface area contributed by atoms with Crippen molar-refractivity contribution in [3.8, 4) is 0 Å². The lowest BCUT2D eigenvalue weighted by atomic mass is 9.75. The fourth-order valence-corrected chi connectivity index (χ4v) is 4.09. The van der Waals surface area contributed by atoms with Crippen molar-refractivity contribution in [2.45, 2.75) is 31.7 Å². The Hall–Kier alpha value is -1.72. The molecule has 3 rings (SSSR count). The van der Waals surface area contributed by atoms with Crippen molar-refractivity contribution < 1.29 is 32.6 Å². The van der Waals surface area contributed by atoms with E-state index in [1.54, 1.807) is 16.2 Å². The van der Waals surface area contributed by atoms with E-state index < -0.39 is 12.1 Å². The van der Waals surface area contributed by atoms with E-state index in [9.17, 15) is 18.0 Å². The molecule has 7 nitrogen and oxygen atoms in total. The molecular formula is C16H22F3N3O4S. The molecule has 3 heterocycles. The first-order valence-corrected chi connectivity index (χ1v) is 9.18. The van der Waals surface area contributed by atoms with Crippen LogP contribution in [0.4, 0.5) is 13.2 Å². The zero-order valence-electron chi connectivity index (χ0n) is 15.0. The maximum atomic E-state index is 12.7. The summed E-state index contributed by atoms with van der Waals surface area (Å²) in [4.78, 5) is 30.0. The standard InChI is InChI=1S/C14H21N3O2S.C2HF3O2/c1-16(2)13(18)14-4-7-19-11(14)3-6-17(10-14)9-12-15-5-8-20-12;3-2(4,5)1(6)7/h5,8,11H,3-4,6-7,9-10H2,1-2H3;(H,6,7)/t11-,14-;/m1./s1. The molecule has 0 bridgehead atoms. The average Bonchev–Trinajstić information content (AvgIpc) is 3.23. The number of amides is 1. The lowest BCUT2D eigenvalue weighted by Crippen LogP contribution is -2.56. The second-order valence-corrected chi connectivity index (χ2v) is 7.67. The third-order valence-electron chi connectivity index (χ3n) is 4.61. The number of halogens is 3. The minimum atomic E-state index is -5.08. The van der Waals surface area contributed by atoms with Crippen LogP contribution in [0.25, 0.3) is 0 Å². The van der Waals surface area contributed by atoms with Crippen LogP contribution in [-0.2, 0) is 20.9 Å². The highest BCUT2D eigenvalue weighted by atomic mass is 32.1. The highest BCUT2D eigenvalue weighted by Crippen LogP contribution is 2.42. The molecule has 1 amide bonds. The number of hydrogen-bond acceptors (Lipinski definition) is 6. The zero-order valence-corrected chi connectivity index (χ0v) is 15.8. The fourth-order valence-electron chi connectivity index (χ4n) is 3.44. The van der Waals surface area contributed by atoms with Gasteiger partial charge in [-0.15, -0.1) is 11.3 Å². The molecule has 0 spiro atoms. The first-order chi connectivity index (χ1) is 12.6. The molecular weight excluding hydrogens is 387 g/mol. The van der Waals surface area contributed by atoms with Gasteiger partial charge in [0, 0.05) is 45.4 Å². The Labute approximate surface area is 158 Å². The third-order valence-corrected chi connectivity index (χ3v) is 5.38. The Morgan fingerprint density at radius 1 is 1.48 bits per heavy atom. The summed E-state index contributed by atoms with van der Waals surface area (Å²) in [5, 5.41) is 10.2. The van der Waals surface area contributed by atoms with Crippen LogP contribution in [-0.4, -0.2) is 77.8 Å². The molecule has 152 valence electrons. The topological polar surface area (TPSA) is 83.0 Å². The van der Waals surface area contributed by atoms with Gasteiger partial charge in [0.1, 0.15) is 5.01 Å². The van der Waals surface area contributed by atoms with Gasteiger partial charge in [0.25, 0.3) is 0 Å². The summed E-state index contributed by atoms with van der Waals surface area (Å²) in [5.41, 5.74) is -0.348. The highest BCUT2D eigenvalue weighted by Gasteiger charge is 2.53. The number of carboxylic acids is 1. The lowest BCUT2D eigenvalue weighted by Gasteiger charge is -2.43. The van der Waals surface area contributed by atoms with Crippen LogP contribution in [0.15, 0.2) is 11.6 Å². The van der Waals surface area contributed by atoms with Crippen molar-refractivity contribution in [2.24, 2.45) is 5.41 Å². The minimum Gasteiger partial charge on any atom is -0.475 e. The predicted octanol–water partition coefficient (Wildman–Crippen LogP) is 1.85. The number of piperidine rings is 1. The van der Waals surface area contributed by atoms with Gasteiger partial charge in [0.05, 0.1) is 18.1 Å². The molecule has 0 aliphatic carbocycles. The van der Waals surface area contributed by atoms with Gasteiger partial charge in [-0.3, -0.25) is 9.69 Å². The van der Waals surface area contributed by atoms with E-state index in [0.29, 0.717) is 6.61 Å². The zero-order chi connectivity index (χ0) is 20.2. The van der Waals surface area contributed by atoms with Crippen molar-refractivity contribution in [1.82, 2.24) is 14.8 Å². The molecule has 0 unspecified atom stereocenters. The van der Waals surface area contributed by atoms with Gasteiger partial charge in [0.2, 0.25) is 5.91 Å². The molecule has 2 atom stereocenters. The number of likely N-dealkylation sites (tertiary alicyclic amines) is 1. The van der Waals surface area contributed by atoms with Crippen LogP contribution in [0.5, 0.6) is 0 Å². The number of alkyl halides is 3. The molecule has 2 aliphatic rings. The van der Waals surface area contributed by atoms with E-state index in [-0.39, 0.29) is 17.4 Å². The summed E-state index contributed by atoms with van der Waals surface area (Å²) < 4.78 is 37.6. The Kier molecular flexibility index (Phi) is 6.82. The van der Waals surface area contributed by atoms with E-state index in [1.807, 2.05) is 25.7 Å². The van der Waals surface area contributed by atoms with E-state index >= 15 is 0 Å². The molecule has 1 aromatic rings. The fraction of sp³-hybridized carbons (Fsp3) is 0.688. The maximum absolute atomic E-state index is 12.7. The molecule has 1 N–H and O–H groups in total. The van der Waals surface area contributed by atoms with E-state index in [1.165, 1.54) is 0 Å². The van der Waals surface area contributed by atoms with Gasteiger partial charge in [-0.05, 0) is 12.8 Å². The summed E-state index contributed by atoms with van der Waals surface area (Å²) in [6, 6.07) is 0. The number of fused-ring (bicyclic) bond motifs is 1. The summed E-state index contributed by atoms with van der Waals surface area (Å²) >= 11 is 1.68. The molecule has 0 radical (unpaired) electrons. The Balaban J connectivity index is 0.000000321. The van der Waals surface area contributed by atoms with Gasteiger partial charge in [-0.25, -0.2) is 9.78 Å². The highest BCUT2D eigenvalue weighted by molar-refractivity contribution is 7.09. The number of carbonyl (C=O) groups is 2. The van der Waals surface area contributed by atoms with E-state index in [2.05, 4.69) is 9.88 Å². The van der Waals surface area contributed by atoms with Gasteiger partial charge >= 0.3 is 12.1 Å². The Morgan fingerprint density at radius 3 is 2.67 bits per heavy atom. The second kappa shape index (κ2) is 8.53. The molecule has 27 heavy (non-hydrogen) atoms. The first-order valence-electron chi connectivity index (χ1n) is 8.30. The number of aromatic nitrogens is 1. The van der Waals surface area contributed by atoms with Crippen molar-refractivity contribution >= 4 is 23.2 Å². The van der Waals surface area contributed by atoms with E-state index in [4.69, 9.17) is 14.6 Å². The number of rotatable bonds is 3. The Morgan fingerprint density at radius 2 is 2.15 bits per heavy atom. The largest absolute Gasteiger partial charge is 0.490 e. The number of thiazole rings is 1. The quantitative estimate of drug-likeness (QED) is 0.821. The van der Waals surface area contributed by atoms with Crippen LogP contribution < -0.4 is 0 Å².